The highest BCUT2D eigenvalue weighted by Crippen LogP contribution is 2.28. The first-order valence-electron chi connectivity index (χ1n) is 6.11. The minimum atomic E-state index is -4.80. The largest absolute Gasteiger partial charge is 0.573 e. The van der Waals surface area contributed by atoms with Gasteiger partial charge in [0.1, 0.15) is 11.8 Å². The Kier molecular flexibility index (Phi) is 5.38. The van der Waals surface area contributed by atoms with Crippen LogP contribution in [0.25, 0.3) is 0 Å². The first-order valence-corrected chi connectivity index (χ1v) is 6.11. The Hall–Kier alpha value is -1.76. The van der Waals surface area contributed by atoms with Crippen LogP contribution >= 0.6 is 0 Å². The van der Waals surface area contributed by atoms with Gasteiger partial charge in [-0.2, -0.15) is 0 Å². The zero-order valence-corrected chi connectivity index (χ0v) is 11.1. The van der Waals surface area contributed by atoms with E-state index in [1.807, 2.05) is 0 Å². The van der Waals surface area contributed by atoms with E-state index >= 15 is 0 Å². The summed E-state index contributed by atoms with van der Waals surface area (Å²) in [6.45, 7) is 4.51. The average molecular weight is 291 g/mol. The fourth-order valence-electron chi connectivity index (χ4n) is 1.98. The number of carboxylic acid groups (broad SMARTS) is 1. The molecule has 0 fully saturated rings. The topological polar surface area (TPSA) is 49.8 Å². The highest BCUT2D eigenvalue weighted by atomic mass is 19.4. The molecule has 0 saturated heterocycles. The third kappa shape index (κ3) is 4.41. The van der Waals surface area contributed by atoms with E-state index in [0.29, 0.717) is 13.1 Å². The predicted octanol–water partition coefficient (Wildman–Crippen LogP) is 3.05. The van der Waals surface area contributed by atoms with Crippen molar-refractivity contribution in [2.45, 2.75) is 26.3 Å². The molecule has 0 aliphatic rings. The van der Waals surface area contributed by atoms with E-state index in [1.54, 1.807) is 18.7 Å². The standard InChI is InChI=1S/C13H16F3NO3/c1-3-17(4-2)11(12(18)19)9-6-5-7-10(8-9)20-13(14,15)16/h5-8,11H,3-4H2,1-2H3,(H,18,19). The smallest absolute Gasteiger partial charge is 0.480 e. The van der Waals surface area contributed by atoms with E-state index in [-0.39, 0.29) is 5.56 Å². The van der Waals surface area contributed by atoms with E-state index in [9.17, 15) is 23.1 Å². The van der Waals surface area contributed by atoms with Crippen LogP contribution in [-0.2, 0) is 4.79 Å². The molecule has 7 heteroatoms. The van der Waals surface area contributed by atoms with Crippen molar-refractivity contribution < 1.29 is 27.8 Å². The first-order chi connectivity index (χ1) is 9.28. The summed E-state index contributed by atoms with van der Waals surface area (Å²) in [5.41, 5.74) is 0.253. The zero-order chi connectivity index (χ0) is 15.3. The highest BCUT2D eigenvalue weighted by molar-refractivity contribution is 5.75. The minimum absolute atomic E-state index is 0.253. The van der Waals surface area contributed by atoms with Crippen LogP contribution in [0.15, 0.2) is 24.3 Å². The average Bonchev–Trinajstić information content (AvgIpc) is 2.33. The number of hydrogen-bond donors (Lipinski definition) is 1. The summed E-state index contributed by atoms with van der Waals surface area (Å²) >= 11 is 0. The Morgan fingerprint density at radius 2 is 1.95 bits per heavy atom. The maximum Gasteiger partial charge on any atom is 0.573 e. The van der Waals surface area contributed by atoms with Gasteiger partial charge >= 0.3 is 12.3 Å². The fraction of sp³-hybridized carbons (Fsp3) is 0.462. The molecule has 0 amide bonds. The van der Waals surface area contributed by atoms with Crippen LogP contribution in [0.5, 0.6) is 5.75 Å². The molecule has 0 aromatic heterocycles. The lowest BCUT2D eigenvalue weighted by Gasteiger charge is -2.26. The van der Waals surface area contributed by atoms with Crippen molar-refractivity contribution in [1.82, 2.24) is 4.90 Å². The van der Waals surface area contributed by atoms with Crippen LogP contribution in [-0.4, -0.2) is 35.4 Å². The van der Waals surface area contributed by atoms with Crippen LogP contribution in [0, 0.1) is 0 Å². The van der Waals surface area contributed by atoms with Crippen molar-refractivity contribution in [3.05, 3.63) is 29.8 Å². The molecular weight excluding hydrogens is 275 g/mol. The number of alkyl halides is 3. The lowest BCUT2D eigenvalue weighted by molar-refractivity contribution is -0.274. The molecule has 1 aromatic carbocycles. The Balaban J connectivity index is 3.09. The van der Waals surface area contributed by atoms with Crippen LogP contribution < -0.4 is 4.74 Å². The van der Waals surface area contributed by atoms with E-state index < -0.39 is 24.1 Å². The number of hydrogen-bond acceptors (Lipinski definition) is 3. The number of carboxylic acids is 1. The Morgan fingerprint density at radius 3 is 2.40 bits per heavy atom. The molecule has 1 N–H and O–H groups in total. The van der Waals surface area contributed by atoms with Crippen LogP contribution in [0.2, 0.25) is 0 Å². The molecule has 0 heterocycles. The Morgan fingerprint density at radius 1 is 1.35 bits per heavy atom. The van der Waals surface area contributed by atoms with Gasteiger partial charge in [0.25, 0.3) is 0 Å². The number of benzene rings is 1. The maximum absolute atomic E-state index is 12.2. The van der Waals surface area contributed by atoms with Crippen molar-refractivity contribution in [3.8, 4) is 5.75 Å². The molecule has 20 heavy (non-hydrogen) atoms. The molecule has 0 saturated carbocycles. The van der Waals surface area contributed by atoms with Crippen molar-refractivity contribution in [2.75, 3.05) is 13.1 Å². The number of likely N-dealkylation sites (N-methyl/N-ethyl adjacent to an activating group) is 1. The van der Waals surface area contributed by atoms with Gasteiger partial charge in [-0.1, -0.05) is 26.0 Å². The van der Waals surface area contributed by atoms with E-state index in [1.165, 1.54) is 12.1 Å². The second-order valence-corrected chi connectivity index (χ2v) is 4.08. The summed E-state index contributed by atoms with van der Waals surface area (Å²) in [6.07, 6.45) is -4.80. The normalized spacial score (nSPS) is 13.3. The summed E-state index contributed by atoms with van der Waals surface area (Å²) < 4.78 is 40.3. The molecule has 1 aromatic rings. The Labute approximate surface area is 114 Å². The number of aliphatic carboxylic acids is 1. The monoisotopic (exact) mass is 291 g/mol. The van der Waals surface area contributed by atoms with Crippen molar-refractivity contribution in [3.63, 3.8) is 0 Å². The van der Waals surface area contributed by atoms with Gasteiger partial charge in [0.15, 0.2) is 0 Å². The number of ether oxygens (including phenoxy) is 1. The molecule has 1 rings (SSSR count). The number of nitrogens with zero attached hydrogens (tertiary/aromatic N) is 1. The molecule has 0 spiro atoms. The van der Waals surface area contributed by atoms with Crippen LogP contribution in [0.4, 0.5) is 13.2 Å². The fourth-order valence-corrected chi connectivity index (χ4v) is 1.98. The van der Waals surface area contributed by atoms with E-state index in [4.69, 9.17) is 0 Å². The van der Waals surface area contributed by atoms with Gasteiger partial charge in [0, 0.05) is 0 Å². The van der Waals surface area contributed by atoms with Gasteiger partial charge in [0.05, 0.1) is 0 Å². The second kappa shape index (κ2) is 6.60. The molecule has 1 unspecified atom stereocenters. The summed E-state index contributed by atoms with van der Waals surface area (Å²) in [7, 11) is 0. The Bertz CT molecular complexity index is 458. The third-order valence-corrected chi connectivity index (χ3v) is 2.82. The molecule has 0 aliphatic heterocycles. The minimum Gasteiger partial charge on any atom is -0.480 e. The number of halogens is 3. The quantitative estimate of drug-likeness (QED) is 0.875. The van der Waals surface area contributed by atoms with Crippen molar-refractivity contribution in [1.29, 1.82) is 0 Å². The van der Waals surface area contributed by atoms with E-state index in [0.717, 1.165) is 12.1 Å². The van der Waals surface area contributed by atoms with Gasteiger partial charge in [0.2, 0.25) is 0 Å². The van der Waals surface area contributed by atoms with Crippen LogP contribution in [0.1, 0.15) is 25.5 Å². The second-order valence-electron chi connectivity index (χ2n) is 4.08. The first kappa shape index (κ1) is 16.3. The van der Waals surface area contributed by atoms with Gasteiger partial charge in [-0.05, 0) is 30.8 Å². The molecule has 4 nitrogen and oxygen atoms in total. The molecular formula is C13H16F3NO3. The summed E-state index contributed by atoms with van der Waals surface area (Å²) in [4.78, 5) is 13.0. The van der Waals surface area contributed by atoms with Crippen molar-refractivity contribution >= 4 is 5.97 Å². The van der Waals surface area contributed by atoms with Gasteiger partial charge in [-0.3, -0.25) is 9.69 Å². The number of rotatable bonds is 6. The third-order valence-electron chi connectivity index (χ3n) is 2.82. The van der Waals surface area contributed by atoms with Gasteiger partial charge in [-0.15, -0.1) is 13.2 Å². The molecule has 0 bridgehead atoms. The summed E-state index contributed by atoms with van der Waals surface area (Å²) in [5, 5.41) is 9.28. The SMILES string of the molecule is CCN(CC)C(C(=O)O)c1cccc(OC(F)(F)F)c1. The number of carbonyl (C=O) groups is 1. The maximum atomic E-state index is 12.2. The lowest BCUT2D eigenvalue weighted by atomic mass is 10.0. The molecule has 0 radical (unpaired) electrons. The van der Waals surface area contributed by atoms with Gasteiger partial charge in [-0.25, -0.2) is 0 Å². The molecule has 0 aliphatic carbocycles. The summed E-state index contributed by atoms with van der Waals surface area (Å²) in [6, 6.07) is 4.06. The summed E-state index contributed by atoms with van der Waals surface area (Å²) in [5.74, 6) is -1.54. The lowest BCUT2D eigenvalue weighted by Crippen LogP contribution is -2.33. The van der Waals surface area contributed by atoms with Crippen molar-refractivity contribution in [2.24, 2.45) is 0 Å². The molecule has 1 atom stereocenters. The molecule has 112 valence electrons. The van der Waals surface area contributed by atoms with E-state index in [2.05, 4.69) is 4.74 Å². The zero-order valence-electron chi connectivity index (χ0n) is 11.1. The predicted molar refractivity (Wildman–Crippen MR) is 66.4 cm³/mol. The highest BCUT2D eigenvalue weighted by Gasteiger charge is 2.32. The van der Waals surface area contributed by atoms with Gasteiger partial charge < -0.3 is 9.84 Å². The van der Waals surface area contributed by atoms with Crippen LogP contribution in [0.3, 0.4) is 0 Å².